The second kappa shape index (κ2) is 7.31. The molecule has 1 amide bonds. The predicted molar refractivity (Wildman–Crippen MR) is 83.7 cm³/mol. The first-order valence-corrected chi connectivity index (χ1v) is 7.60. The van der Waals surface area contributed by atoms with Gasteiger partial charge in [-0.1, -0.05) is 6.08 Å². The maximum Gasteiger partial charge on any atom is 0.411 e. The lowest BCUT2D eigenvalue weighted by molar-refractivity contribution is -0.151. The Morgan fingerprint density at radius 1 is 1.43 bits per heavy atom. The van der Waals surface area contributed by atoms with Gasteiger partial charge >= 0.3 is 12.1 Å². The van der Waals surface area contributed by atoms with E-state index in [0.29, 0.717) is 0 Å². The van der Waals surface area contributed by atoms with E-state index < -0.39 is 35.2 Å². The van der Waals surface area contributed by atoms with Gasteiger partial charge in [-0.2, -0.15) is 0 Å². The minimum absolute atomic E-state index is 0.0669. The third-order valence-electron chi connectivity index (χ3n) is 4.04. The van der Waals surface area contributed by atoms with Crippen LogP contribution in [-0.4, -0.2) is 65.2 Å². The Bertz CT molecular complexity index is 458. The summed E-state index contributed by atoms with van der Waals surface area (Å²) in [4.78, 5) is 25.9. The van der Waals surface area contributed by atoms with Crippen LogP contribution in [0.2, 0.25) is 0 Å². The van der Waals surface area contributed by atoms with Crippen molar-refractivity contribution in [3.05, 3.63) is 12.7 Å². The van der Waals surface area contributed by atoms with Crippen LogP contribution in [0.25, 0.3) is 0 Å². The first-order chi connectivity index (χ1) is 10.6. The number of allylic oxidation sites excluding steroid dienone is 1. The van der Waals surface area contributed by atoms with Gasteiger partial charge < -0.3 is 19.7 Å². The van der Waals surface area contributed by atoms with E-state index in [2.05, 4.69) is 6.58 Å². The van der Waals surface area contributed by atoms with Crippen molar-refractivity contribution < 1.29 is 29.3 Å². The van der Waals surface area contributed by atoms with Crippen LogP contribution in [0.15, 0.2) is 12.7 Å². The highest BCUT2D eigenvalue weighted by molar-refractivity contribution is 5.83. The van der Waals surface area contributed by atoms with Crippen molar-refractivity contribution in [2.24, 2.45) is 5.41 Å². The molecule has 3 atom stereocenters. The fourth-order valence-corrected chi connectivity index (χ4v) is 3.07. The van der Waals surface area contributed by atoms with Gasteiger partial charge in [0, 0.05) is 12.0 Å². The second-order valence-corrected chi connectivity index (χ2v) is 6.77. The van der Waals surface area contributed by atoms with Gasteiger partial charge in [0.05, 0.1) is 19.8 Å². The SMILES string of the molecule is C=CC[C@]1(CCO)C(O)CN(C(=O)OC(C)(C)C)[C@@H]1C(=O)OC. The van der Waals surface area contributed by atoms with Gasteiger partial charge in [0.2, 0.25) is 0 Å². The number of carbonyl (C=O) groups is 2. The average Bonchev–Trinajstić information content (AvgIpc) is 2.71. The van der Waals surface area contributed by atoms with Crippen LogP contribution >= 0.6 is 0 Å². The average molecular weight is 329 g/mol. The molecule has 1 aliphatic heterocycles. The van der Waals surface area contributed by atoms with Gasteiger partial charge in [0.1, 0.15) is 11.6 Å². The molecule has 1 rings (SSSR count). The van der Waals surface area contributed by atoms with Crippen molar-refractivity contribution in [3.8, 4) is 0 Å². The summed E-state index contributed by atoms with van der Waals surface area (Å²) in [5.74, 6) is -0.650. The van der Waals surface area contributed by atoms with Crippen LogP contribution in [0, 0.1) is 5.41 Å². The number of hydrogen-bond acceptors (Lipinski definition) is 6. The van der Waals surface area contributed by atoms with E-state index in [4.69, 9.17) is 9.47 Å². The smallest absolute Gasteiger partial charge is 0.411 e. The molecule has 7 nitrogen and oxygen atoms in total. The third-order valence-corrected chi connectivity index (χ3v) is 4.04. The summed E-state index contributed by atoms with van der Waals surface area (Å²) in [5, 5.41) is 19.9. The molecule has 1 unspecified atom stereocenters. The Hall–Kier alpha value is -1.60. The minimum Gasteiger partial charge on any atom is -0.467 e. The maximum atomic E-state index is 12.4. The molecule has 0 aromatic carbocycles. The Morgan fingerprint density at radius 2 is 2.04 bits per heavy atom. The van der Waals surface area contributed by atoms with Crippen LogP contribution in [0.1, 0.15) is 33.6 Å². The third kappa shape index (κ3) is 4.03. The topological polar surface area (TPSA) is 96.3 Å². The molecule has 1 aliphatic rings. The summed E-state index contributed by atoms with van der Waals surface area (Å²) < 4.78 is 10.1. The number of esters is 1. The van der Waals surface area contributed by atoms with Crippen molar-refractivity contribution >= 4 is 12.1 Å². The fourth-order valence-electron chi connectivity index (χ4n) is 3.07. The van der Waals surface area contributed by atoms with Gasteiger partial charge in [-0.05, 0) is 33.6 Å². The van der Waals surface area contributed by atoms with Crippen LogP contribution in [0.4, 0.5) is 4.79 Å². The molecule has 0 bridgehead atoms. The summed E-state index contributed by atoms with van der Waals surface area (Å²) in [5.41, 5.74) is -1.77. The molecule has 1 saturated heterocycles. The van der Waals surface area contributed by atoms with Gasteiger partial charge in [0.15, 0.2) is 0 Å². The highest BCUT2D eigenvalue weighted by atomic mass is 16.6. The van der Waals surface area contributed by atoms with E-state index in [1.54, 1.807) is 26.8 Å². The molecule has 1 fully saturated rings. The lowest BCUT2D eigenvalue weighted by atomic mass is 9.73. The van der Waals surface area contributed by atoms with E-state index in [1.165, 1.54) is 12.0 Å². The second-order valence-electron chi connectivity index (χ2n) is 6.77. The van der Waals surface area contributed by atoms with Gasteiger partial charge in [0.25, 0.3) is 0 Å². The van der Waals surface area contributed by atoms with Crippen molar-refractivity contribution in [2.45, 2.75) is 51.4 Å². The normalized spacial score (nSPS) is 27.7. The van der Waals surface area contributed by atoms with E-state index in [-0.39, 0.29) is 26.0 Å². The molecule has 0 aliphatic carbocycles. The van der Waals surface area contributed by atoms with E-state index >= 15 is 0 Å². The lowest BCUT2D eigenvalue weighted by Crippen LogP contribution is -2.51. The number of carbonyl (C=O) groups excluding carboxylic acids is 2. The molecule has 23 heavy (non-hydrogen) atoms. The van der Waals surface area contributed by atoms with Crippen molar-refractivity contribution in [1.82, 2.24) is 4.90 Å². The quantitative estimate of drug-likeness (QED) is 0.579. The molecule has 132 valence electrons. The number of hydrogen-bond donors (Lipinski definition) is 2. The van der Waals surface area contributed by atoms with Crippen LogP contribution in [-0.2, 0) is 14.3 Å². The van der Waals surface area contributed by atoms with Crippen LogP contribution in [0.5, 0.6) is 0 Å². The summed E-state index contributed by atoms with van der Waals surface area (Å²) in [6.45, 7) is 8.51. The molecule has 0 aromatic heterocycles. The first kappa shape index (κ1) is 19.4. The number of amides is 1. The highest BCUT2D eigenvalue weighted by Gasteiger charge is 2.58. The largest absolute Gasteiger partial charge is 0.467 e. The number of aliphatic hydroxyl groups is 2. The Labute approximate surface area is 136 Å². The Kier molecular flexibility index (Phi) is 6.18. The molecule has 0 spiro atoms. The zero-order valence-electron chi connectivity index (χ0n) is 14.2. The van der Waals surface area contributed by atoms with Crippen LogP contribution < -0.4 is 0 Å². The minimum atomic E-state index is -1.04. The molecule has 7 heteroatoms. The number of rotatable bonds is 5. The van der Waals surface area contributed by atoms with Crippen LogP contribution in [0.3, 0.4) is 0 Å². The zero-order valence-corrected chi connectivity index (χ0v) is 14.2. The van der Waals surface area contributed by atoms with Crippen molar-refractivity contribution in [2.75, 3.05) is 20.3 Å². The predicted octanol–water partition coefficient (Wildman–Crippen LogP) is 1.08. The number of aliphatic hydroxyl groups excluding tert-OH is 2. The first-order valence-electron chi connectivity index (χ1n) is 7.60. The molecule has 2 N–H and O–H groups in total. The number of β-amino-alcohol motifs (C(OH)–C–C–N with tert-alkyl or cyclic N) is 1. The van der Waals surface area contributed by atoms with E-state index in [1.807, 2.05) is 0 Å². The number of methoxy groups -OCH3 is 1. The Balaban J connectivity index is 3.24. The molecule has 1 heterocycles. The van der Waals surface area contributed by atoms with Gasteiger partial charge in [-0.25, -0.2) is 9.59 Å². The zero-order chi connectivity index (χ0) is 17.8. The van der Waals surface area contributed by atoms with E-state index in [9.17, 15) is 19.8 Å². The summed E-state index contributed by atoms with van der Waals surface area (Å²) in [6.07, 6.45) is 0.264. The van der Waals surface area contributed by atoms with Crippen molar-refractivity contribution in [3.63, 3.8) is 0 Å². The van der Waals surface area contributed by atoms with Gasteiger partial charge in [-0.3, -0.25) is 4.90 Å². The summed E-state index contributed by atoms with van der Waals surface area (Å²) in [7, 11) is 1.22. The van der Waals surface area contributed by atoms with Crippen molar-refractivity contribution in [1.29, 1.82) is 0 Å². The molecule has 0 aromatic rings. The maximum absolute atomic E-state index is 12.4. The fraction of sp³-hybridized carbons (Fsp3) is 0.750. The molecule has 0 saturated carbocycles. The van der Waals surface area contributed by atoms with E-state index in [0.717, 1.165) is 0 Å². The highest BCUT2D eigenvalue weighted by Crippen LogP contribution is 2.44. The number of ether oxygens (including phenoxy) is 2. The lowest BCUT2D eigenvalue weighted by Gasteiger charge is -2.36. The molecular formula is C16H27NO6. The molecular weight excluding hydrogens is 302 g/mol. The monoisotopic (exact) mass is 329 g/mol. The summed E-state index contributed by atoms with van der Waals surface area (Å²) in [6, 6.07) is -1.04. The van der Waals surface area contributed by atoms with Gasteiger partial charge in [-0.15, -0.1) is 6.58 Å². The Morgan fingerprint density at radius 3 is 2.48 bits per heavy atom. The standard InChI is InChI=1S/C16H27NO6/c1-6-7-16(8-9-18)11(19)10-17(12(16)13(20)22-5)14(21)23-15(2,3)4/h6,11-12,18-19H,1,7-10H2,2-5H3/t11?,12-,16+/m1/s1. The number of likely N-dealkylation sites (tertiary alicyclic amines) is 1. The number of nitrogens with zero attached hydrogens (tertiary/aromatic N) is 1. The molecule has 0 radical (unpaired) electrons. The summed E-state index contributed by atoms with van der Waals surface area (Å²) >= 11 is 0.